The zero-order valence-corrected chi connectivity index (χ0v) is 10.6. The van der Waals surface area contributed by atoms with Gasteiger partial charge in [-0.3, -0.25) is 4.90 Å². The normalized spacial score (nSPS) is 16.7. The van der Waals surface area contributed by atoms with Crippen molar-refractivity contribution < 1.29 is 9.84 Å². The van der Waals surface area contributed by atoms with E-state index >= 15 is 0 Å². The third-order valence-corrected chi connectivity index (χ3v) is 2.85. The predicted octanol–water partition coefficient (Wildman–Crippen LogP) is 0.614. The highest BCUT2D eigenvalue weighted by molar-refractivity contribution is 5.31. The van der Waals surface area contributed by atoms with Gasteiger partial charge < -0.3 is 9.84 Å². The fourth-order valence-electron chi connectivity index (χ4n) is 2.23. The molecule has 2 heterocycles. The first-order valence-electron chi connectivity index (χ1n) is 5.81. The van der Waals surface area contributed by atoms with Crippen LogP contribution < -0.4 is 4.74 Å². The third-order valence-electron chi connectivity index (χ3n) is 2.85. The molecule has 5 heteroatoms. The average molecular weight is 237 g/mol. The van der Waals surface area contributed by atoms with Gasteiger partial charge in [-0.2, -0.15) is 0 Å². The van der Waals surface area contributed by atoms with Crippen molar-refractivity contribution in [3.8, 4) is 5.88 Å². The number of hydrogen-bond acceptors (Lipinski definition) is 5. The van der Waals surface area contributed by atoms with Crippen molar-refractivity contribution in [1.29, 1.82) is 0 Å². The number of rotatable bonds is 3. The van der Waals surface area contributed by atoms with Crippen LogP contribution in [-0.4, -0.2) is 45.8 Å². The Morgan fingerprint density at radius 2 is 2.24 bits per heavy atom. The highest BCUT2D eigenvalue weighted by Crippen LogP contribution is 2.24. The molecule has 1 aromatic heterocycles. The second-order valence-electron chi connectivity index (χ2n) is 5.08. The number of aliphatic hydroxyl groups is 1. The van der Waals surface area contributed by atoms with Gasteiger partial charge in [0.2, 0.25) is 5.88 Å². The molecule has 1 aliphatic heterocycles. The molecular weight excluding hydrogens is 218 g/mol. The summed E-state index contributed by atoms with van der Waals surface area (Å²) in [5.41, 5.74) is 1.43. The monoisotopic (exact) mass is 237 g/mol. The molecule has 0 saturated carbocycles. The van der Waals surface area contributed by atoms with E-state index in [1.54, 1.807) is 13.4 Å². The molecule has 0 amide bonds. The Balaban J connectivity index is 2.17. The Labute approximate surface area is 101 Å². The van der Waals surface area contributed by atoms with Crippen molar-refractivity contribution in [2.45, 2.75) is 32.4 Å². The lowest BCUT2D eigenvalue weighted by Crippen LogP contribution is -2.41. The van der Waals surface area contributed by atoms with Crippen molar-refractivity contribution in [3.63, 3.8) is 0 Å². The summed E-state index contributed by atoms with van der Waals surface area (Å²) >= 11 is 0. The van der Waals surface area contributed by atoms with E-state index in [0.717, 1.165) is 30.8 Å². The van der Waals surface area contributed by atoms with Crippen LogP contribution in [0.2, 0.25) is 0 Å². The van der Waals surface area contributed by atoms with Crippen LogP contribution >= 0.6 is 0 Å². The smallest absolute Gasteiger partial charge is 0.220 e. The van der Waals surface area contributed by atoms with Crippen LogP contribution in [-0.2, 0) is 13.0 Å². The Kier molecular flexibility index (Phi) is 3.31. The van der Waals surface area contributed by atoms with Crippen LogP contribution in [0.5, 0.6) is 5.88 Å². The number of hydrogen-bond donors (Lipinski definition) is 1. The standard InChI is InChI=1S/C12H19N3O2/c1-12(2,16)7-15-5-4-10-9(6-15)11(17-3)14-8-13-10/h8,16H,4-7H2,1-3H3. The number of fused-ring (bicyclic) bond motifs is 1. The second kappa shape index (κ2) is 4.58. The SMILES string of the molecule is COc1ncnc2c1CN(CC(C)(C)O)CC2. The van der Waals surface area contributed by atoms with E-state index in [-0.39, 0.29) is 0 Å². The maximum Gasteiger partial charge on any atom is 0.220 e. The molecule has 0 aromatic carbocycles. The van der Waals surface area contributed by atoms with Gasteiger partial charge in [-0.05, 0) is 13.8 Å². The quantitative estimate of drug-likeness (QED) is 0.835. The van der Waals surface area contributed by atoms with Crippen LogP contribution in [0.1, 0.15) is 25.1 Å². The number of ether oxygens (including phenoxy) is 1. The fraction of sp³-hybridized carbons (Fsp3) is 0.667. The first kappa shape index (κ1) is 12.3. The molecule has 5 nitrogen and oxygen atoms in total. The number of methoxy groups -OCH3 is 1. The second-order valence-corrected chi connectivity index (χ2v) is 5.08. The molecule has 1 N–H and O–H groups in total. The fourth-order valence-corrected chi connectivity index (χ4v) is 2.23. The lowest BCUT2D eigenvalue weighted by atomic mass is 10.0. The molecular formula is C12H19N3O2. The average Bonchev–Trinajstić information content (AvgIpc) is 2.26. The van der Waals surface area contributed by atoms with E-state index in [0.29, 0.717) is 12.4 Å². The van der Waals surface area contributed by atoms with Crippen molar-refractivity contribution in [2.24, 2.45) is 0 Å². The molecule has 94 valence electrons. The van der Waals surface area contributed by atoms with Crippen molar-refractivity contribution in [2.75, 3.05) is 20.2 Å². The van der Waals surface area contributed by atoms with Gasteiger partial charge in [0.1, 0.15) is 6.33 Å². The maximum absolute atomic E-state index is 9.84. The Hall–Kier alpha value is -1.20. The summed E-state index contributed by atoms with van der Waals surface area (Å²) in [4.78, 5) is 10.6. The highest BCUT2D eigenvalue weighted by atomic mass is 16.5. The Morgan fingerprint density at radius 3 is 2.88 bits per heavy atom. The largest absolute Gasteiger partial charge is 0.481 e. The molecule has 0 fully saturated rings. The Morgan fingerprint density at radius 1 is 1.47 bits per heavy atom. The minimum absolute atomic E-state index is 0.643. The molecule has 0 radical (unpaired) electrons. The molecule has 0 saturated heterocycles. The van der Waals surface area contributed by atoms with Crippen molar-refractivity contribution in [3.05, 3.63) is 17.6 Å². The summed E-state index contributed by atoms with van der Waals surface area (Å²) in [6, 6.07) is 0. The number of aromatic nitrogens is 2. The van der Waals surface area contributed by atoms with Gasteiger partial charge in [-0.25, -0.2) is 9.97 Å². The summed E-state index contributed by atoms with van der Waals surface area (Å²) in [6.07, 6.45) is 2.42. The highest BCUT2D eigenvalue weighted by Gasteiger charge is 2.25. The van der Waals surface area contributed by atoms with E-state index in [1.807, 2.05) is 13.8 Å². The molecule has 0 bridgehead atoms. The maximum atomic E-state index is 9.84. The topological polar surface area (TPSA) is 58.5 Å². The third kappa shape index (κ3) is 2.92. The first-order valence-corrected chi connectivity index (χ1v) is 5.81. The predicted molar refractivity (Wildman–Crippen MR) is 63.9 cm³/mol. The van der Waals surface area contributed by atoms with Crippen LogP contribution in [0.3, 0.4) is 0 Å². The lowest BCUT2D eigenvalue weighted by molar-refractivity contribution is 0.0311. The first-order chi connectivity index (χ1) is 7.99. The summed E-state index contributed by atoms with van der Waals surface area (Å²) < 4.78 is 5.25. The van der Waals surface area contributed by atoms with Gasteiger partial charge in [0, 0.05) is 31.6 Å². The molecule has 1 aliphatic rings. The van der Waals surface area contributed by atoms with Gasteiger partial charge >= 0.3 is 0 Å². The van der Waals surface area contributed by atoms with E-state index in [2.05, 4.69) is 14.9 Å². The van der Waals surface area contributed by atoms with Crippen LogP contribution in [0.4, 0.5) is 0 Å². The van der Waals surface area contributed by atoms with Gasteiger partial charge in [0.05, 0.1) is 18.4 Å². The van der Waals surface area contributed by atoms with Gasteiger partial charge in [0.25, 0.3) is 0 Å². The lowest BCUT2D eigenvalue weighted by Gasteiger charge is -2.32. The van der Waals surface area contributed by atoms with Gasteiger partial charge in [0.15, 0.2) is 0 Å². The number of nitrogens with zero attached hydrogens (tertiary/aromatic N) is 3. The van der Waals surface area contributed by atoms with Gasteiger partial charge in [-0.1, -0.05) is 0 Å². The van der Waals surface area contributed by atoms with Crippen molar-refractivity contribution >= 4 is 0 Å². The van der Waals surface area contributed by atoms with Crippen LogP contribution in [0, 0.1) is 0 Å². The molecule has 0 aliphatic carbocycles. The minimum atomic E-state index is -0.680. The summed E-state index contributed by atoms with van der Waals surface area (Å²) in [6.45, 7) is 5.94. The summed E-state index contributed by atoms with van der Waals surface area (Å²) in [5, 5.41) is 9.84. The summed E-state index contributed by atoms with van der Waals surface area (Å²) in [5.74, 6) is 0.649. The molecule has 17 heavy (non-hydrogen) atoms. The van der Waals surface area contributed by atoms with E-state index in [4.69, 9.17) is 4.74 Å². The zero-order chi connectivity index (χ0) is 12.5. The van der Waals surface area contributed by atoms with Crippen LogP contribution in [0.25, 0.3) is 0 Å². The molecule has 0 unspecified atom stereocenters. The van der Waals surface area contributed by atoms with Crippen LogP contribution in [0.15, 0.2) is 6.33 Å². The van der Waals surface area contributed by atoms with Gasteiger partial charge in [-0.15, -0.1) is 0 Å². The van der Waals surface area contributed by atoms with E-state index < -0.39 is 5.60 Å². The Bertz CT molecular complexity index is 387. The molecule has 0 spiro atoms. The number of β-amino-alcohol motifs (C(OH)–C–C–N with tert-alkyl or cyclic N) is 1. The zero-order valence-electron chi connectivity index (χ0n) is 10.6. The van der Waals surface area contributed by atoms with E-state index in [1.165, 1.54) is 0 Å². The molecule has 1 aromatic rings. The minimum Gasteiger partial charge on any atom is -0.481 e. The molecule has 0 atom stereocenters. The van der Waals surface area contributed by atoms with E-state index in [9.17, 15) is 5.11 Å². The van der Waals surface area contributed by atoms with Crippen molar-refractivity contribution in [1.82, 2.24) is 14.9 Å². The summed E-state index contributed by atoms with van der Waals surface area (Å²) in [7, 11) is 1.62. The molecule has 2 rings (SSSR count).